The largest absolute Gasteiger partial charge is 0.446 e. The molecular weight excluding hydrogens is 528 g/mol. The maximum atomic E-state index is 14.0. The Labute approximate surface area is 239 Å². The van der Waals surface area contributed by atoms with Crippen LogP contribution in [-0.2, 0) is 33.8 Å². The van der Waals surface area contributed by atoms with Crippen molar-refractivity contribution in [3.63, 3.8) is 0 Å². The molecule has 3 aromatic rings. The Morgan fingerprint density at radius 1 is 0.975 bits per heavy atom. The summed E-state index contributed by atoms with van der Waals surface area (Å²) >= 11 is 1.56. The summed E-state index contributed by atoms with van der Waals surface area (Å²) in [5, 5.41) is 4.75. The molecule has 3 amide bonds. The minimum atomic E-state index is -0.847. The van der Waals surface area contributed by atoms with E-state index in [1.54, 1.807) is 49.4 Å². The maximum Gasteiger partial charge on any atom is 0.408 e. The molecule has 0 radical (unpaired) electrons. The van der Waals surface area contributed by atoms with Crippen molar-refractivity contribution in [1.82, 2.24) is 15.2 Å². The van der Waals surface area contributed by atoms with E-state index >= 15 is 0 Å². The van der Waals surface area contributed by atoms with Crippen molar-refractivity contribution in [3.8, 4) is 0 Å². The molecule has 0 saturated heterocycles. The summed E-state index contributed by atoms with van der Waals surface area (Å²) in [5.74, 6) is -0.230. The molecule has 214 valence electrons. The van der Waals surface area contributed by atoms with Gasteiger partial charge < -0.3 is 25.4 Å². The molecule has 3 rings (SSSR count). The molecule has 0 spiro atoms. The second-order valence-electron chi connectivity index (χ2n) is 10.5. The zero-order valence-electron chi connectivity index (χ0n) is 23.2. The molecular formula is C30H38N4O5S. The first kappa shape index (κ1) is 30.6. The highest BCUT2D eigenvalue weighted by Crippen LogP contribution is 2.19. The average Bonchev–Trinajstić information content (AvgIpc) is 3.40. The lowest BCUT2D eigenvalue weighted by molar-refractivity contribution is -0.135. The minimum Gasteiger partial charge on any atom is -0.446 e. The predicted octanol–water partition coefficient (Wildman–Crippen LogP) is 5.44. The van der Waals surface area contributed by atoms with Crippen molar-refractivity contribution in [2.45, 2.75) is 77.3 Å². The molecule has 0 aliphatic heterocycles. The summed E-state index contributed by atoms with van der Waals surface area (Å²) in [6.07, 6.45) is 3.18. The van der Waals surface area contributed by atoms with Crippen molar-refractivity contribution >= 4 is 29.4 Å². The highest BCUT2D eigenvalue weighted by molar-refractivity contribution is 7.09. The van der Waals surface area contributed by atoms with Gasteiger partial charge in [-0.15, -0.1) is 11.3 Å². The minimum absolute atomic E-state index is 0.230. The first-order valence-electron chi connectivity index (χ1n) is 13.3. The van der Waals surface area contributed by atoms with Gasteiger partial charge in [-0.2, -0.15) is 0 Å². The van der Waals surface area contributed by atoms with E-state index in [1.807, 2.05) is 60.0 Å². The van der Waals surface area contributed by atoms with Crippen LogP contribution < -0.4 is 11.1 Å². The standard InChI is InChI=1S/C30H38N4O5S/c1-30(2,3)39-29(37)33-26(13-7-11-24(38-28(31)36)19-22-9-5-4-6-10-22)27(35)34(21-25-12-8-18-40-25)20-23-14-16-32-17-15-23/h4-6,8-10,12,14-18,24,26H,7,11,13,19-21H2,1-3H3,(H2,31,36)(H,33,37)/t24?,26-/m0/s1. The molecule has 40 heavy (non-hydrogen) atoms. The Bertz CT molecular complexity index is 1200. The van der Waals surface area contributed by atoms with Crippen LogP contribution >= 0.6 is 11.3 Å². The summed E-state index contributed by atoms with van der Waals surface area (Å²) in [6.45, 7) is 6.06. The lowest BCUT2D eigenvalue weighted by Crippen LogP contribution is -2.49. The first-order valence-corrected chi connectivity index (χ1v) is 14.2. The Morgan fingerprint density at radius 2 is 1.70 bits per heavy atom. The van der Waals surface area contributed by atoms with Crippen LogP contribution in [0.25, 0.3) is 0 Å². The molecule has 0 aliphatic rings. The number of ether oxygens (including phenoxy) is 2. The number of amides is 3. The molecule has 0 fully saturated rings. The molecule has 9 nitrogen and oxygen atoms in total. The van der Waals surface area contributed by atoms with Crippen LogP contribution in [0.4, 0.5) is 9.59 Å². The molecule has 0 saturated carbocycles. The molecule has 2 aromatic heterocycles. The number of nitrogens with two attached hydrogens (primary N) is 1. The highest BCUT2D eigenvalue weighted by Gasteiger charge is 2.29. The van der Waals surface area contributed by atoms with Crippen LogP contribution in [0.3, 0.4) is 0 Å². The van der Waals surface area contributed by atoms with Crippen molar-refractivity contribution < 1.29 is 23.9 Å². The maximum absolute atomic E-state index is 14.0. The quantitative estimate of drug-likeness (QED) is 0.284. The van der Waals surface area contributed by atoms with E-state index in [-0.39, 0.29) is 5.91 Å². The van der Waals surface area contributed by atoms with Crippen molar-refractivity contribution in [2.75, 3.05) is 0 Å². The second kappa shape index (κ2) is 15.0. The number of nitrogens with one attached hydrogen (secondary N) is 1. The molecule has 3 N–H and O–H groups in total. The van der Waals surface area contributed by atoms with E-state index in [1.165, 1.54) is 0 Å². The van der Waals surface area contributed by atoms with Crippen LogP contribution in [0.1, 0.15) is 56.0 Å². The van der Waals surface area contributed by atoms with Crippen molar-refractivity contribution in [2.24, 2.45) is 5.73 Å². The average molecular weight is 567 g/mol. The number of primary amides is 1. The lowest BCUT2D eigenvalue weighted by Gasteiger charge is -2.29. The van der Waals surface area contributed by atoms with Crippen LogP contribution in [-0.4, -0.2) is 45.7 Å². The molecule has 2 heterocycles. The highest BCUT2D eigenvalue weighted by atomic mass is 32.1. The Morgan fingerprint density at radius 3 is 2.33 bits per heavy atom. The molecule has 1 aromatic carbocycles. The monoisotopic (exact) mass is 566 g/mol. The van der Waals surface area contributed by atoms with Crippen LogP contribution in [0, 0.1) is 0 Å². The van der Waals surface area contributed by atoms with Gasteiger partial charge in [0, 0.05) is 30.2 Å². The smallest absolute Gasteiger partial charge is 0.408 e. The SMILES string of the molecule is CC(C)(C)OC(=O)N[C@@H](CCCC(Cc1ccccc1)OC(N)=O)C(=O)N(Cc1ccncc1)Cc1cccs1. The number of nitrogens with zero attached hydrogens (tertiary/aromatic N) is 2. The van der Waals surface area contributed by atoms with Gasteiger partial charge in [-0.25, -0.2) is 9.59 Å². The van der Waals surface area contributed by atoms with E-state index in [0.717, 1.165) is 16.0 Å². The normalized spacial score (nSPS) is 12.7. The summed E-state index contributed by atoms with van der Waals surface area (Å²) in [7, 11) is 0. The number of aromatic nitrogens is 1. The molecule has 1 unspecified atom stereocenters. The summed E-state index contributed by atoms with van der Waals surface area (Å²) in [6, 6.07) is 16.5. The third-order valence-corrected chi connectivity index (χ3v) is 6.82. The number of pyridine rings is 1. The molecule has 2 atom stereocenters. The van der Waals surface area contributed by atoms with Gasteiger partial charge in [0.15, 0.2) is 0 Å². The third-order valence-electron chi connectivity index (χ3n) is 5.96. The fourth-order valence-corrected chi connectivity index (χ4v) is 4.95. The van der Waals surface area contributed by atoms with Gasteiger partial charge in [-0.1, -0.05) is 36.4 Å². The van der Waals surface area contributed by atoms with E-state index in [9.17, 15) is 14.4 Å². The number of hydrogen-bond donors (Lipinski definition) is 2. The van der Waals surface area contributed by atoms with E-state index in [0.29, 0.717) is 38.8 Å². The van der Waals surface area contributed by atoms with Gasteiger partial charge in [0.2, 0.25) is 5.91 Å². The Balaban J connectivity index is 1.76. The van der Waals surface area contributed by atoms with Gasteiger partial charge in [0.25, 0.3) is 0 Å². The molecule has 0 bridgehead atoms. The Kier molecular flexibility index (Phi) is 11.5. The lowest BCUT2D eigenvalue weighted by atomic mass is 10.0. The fourth-order valence-electron chi connectivity index (χ4n) is 4.23. The number of carbonyl (C=O) groups excluding carboxylic acids is 3. The van der Waals surface area contributed by atoms with Gasteiger partial charge in [0.1, 0.15) is 17.7 Å². The van der Waals surface area contributed by atoms with E-state index in [4.69, 9.17) is 15.2 Å². The number of thiophene rings is 1. The molecule has 0 aliphatic carbocycles. The first-order chi connectivity index (χ1) is 19.1. The van der Waals surface area contributed by atoms with E-state index < -0.39 is 29.9 Å². The van der Waals surface area contributed by atoms with Crippen LogP contribution in [0.5, 0.6) is 0 Å². The van der Waals surface area contributed by atoms with Crippen LogP contribution in [0.2, 0.25) is 0 Å². The Hall–Kier alpha value is -3.92. The number of hydrogen-bond acceptors (Lipinski definition) is 7. The summed E-state index contributed by atoms with van der Waals surface area (Å²) in [5.41, 5.74) is 6.54. The number of benzene rings is 1. The number of alkyl carbamates (subject to hydrolysis) is 1. The second-order valence-corrected chi connectivity index (χ2v) is 11.5. The fraction of sp³-hybridized carbons (Fsp3) is 0.400. The van der Waals surface area contributed by atoms with Gasteiger partial charge in [-0.3, -0.25) is 9.78 Å². The number of carbonyl (C=O) groups is 3. The zero-order valence-corrected chi connectivity index (χ0v) is 24.1. The van der Waals surface area contributed by atoms with Gasteiger partial charge in [-0.05, 0) is 74.7 Å². The summed E-state index contributed by atoms with van der Waals surface area (Å²) < 4.78 is 10.8. The van der Waals surface area contributed by atoms with Gasteiger partial charge in [0.05, 0.1) is 6.54 Å². The number of rotatable bonds is 13. The van der Waals surface area contributed by atoms with Gasteiger partial charge >= 0.3 is 12.2 Å². The van der Waals surface area contributed by atoms with Crippen LogP contribution in [0.15, 0.2) is 72.4 Å². The molecule has 10 heteroatoms. The van der Waals surface area contributed by atoms with Crippen molar-refractivity contribution in [1.29, 1.82) is 0 Å². The predicted molar refractivity (Wildman–Crippen MR) is 154 cm³/mol. The van der Waals surface area contributed by atoms with Crippen molar-refractivity contribution in [3.05, 3.63) is 88.4 Å². The zero-order chi connectivity index (χ0) is 29.0. The van der Waals surface area contributed by atoms with E-state index in [2.05, 4.69) is 10.3 Å². The summed E-state index contributed by atoms with van der Waals surface area (Å²) in [4.78, 5) is 45.1. The third kappa shape index (κ3) is 11.1. The topological polar surface area (TPSA) is 124 Å².